The zero-order chi connectivity index (χ0) is 23.9. The predicted octanol–water partition coefficient (Wildman–Crippen LogP) is -1.78. The van der Waals surface area contributed by atoms with Gasteiger partial charge in [0, 0.05) is 12.0 Å². The maximum Gasteiger partial charge on any atom is 0.278 e. The van der Waals surface area contributed by atoms with Gasteiger partial charge in [-0.1, -0.05) is 5.92 Å². The first-order chi connectivity index (χ1) is 14.7. The Morgan fingerprint density at radius 1 is 1.17 bits per heavy atom. The van der Waals surface area contributed by atoms with Crippen LogP contribution in [-0.2, 0) is 31.6 Å². The Hall–Kier alpha value is -1.92. The van der Waals surface area contributed by atoms with Crippen LogP contribution in [0, 0.1) is 12.3 Å². The molecular formula is C12H28N9O12P3. The molecule has 2 unspecified atom stereocenters. The molecule has 3 rings (SSSR count). The van der Waals surface area contributed by atoms with Gasteiger partial charge < -0.3 is 68.8 Å². The van der Waals surface area contributed by atoms with Crippen molar-refractivity contribution >= 4 is 35.1 Å². The number of nitrogens with two attached hydrogens (primary N) is 1. The van der Waals surface area contributed by atoms with E-state index >= 15 is 0 Å². The number of anilines is 1. The first-order valence-corrected chi connectivity index (χ1v) is 12.5. The summed E-state index contributed by atoms with van der Waals surface area (Å²) in [5.74, 6) is 2.03. The fraction of sp³-hybridized carbons (Fsp3) is 0.417. The van der Waals surface area contributed by atoms with Crippen LogP contribution in [0.5, 0.6) is 0 Å². The van der Waals surface area contributed by atoms with Crippen LogP contribution in [-0.4, -0.2) is 43.0 Å². The summed E-state index contributed by atoms with van der Waals surface area (Å²) in [5, 5.41) is 14.4. The van der Waals surface area contributed by atoms with Gasteiger partial charge in [-0.2, -0.15) is 9.61 Å². The molecule has 0 spiro atoms. The van der Waals surface area contributed by atoms with E-state index in [1.807, 2.05) is 5.92 Å². The molecule has 3 heterocycles. The Balaban J connectivity index is 0. The second-order valence-electron chi connectivity index (χ2n) is 6.24. The Bertz CT molecular complexity index is 1220. The van der Waals surface area contributed by atoms with Crippen molar-refractivity contribution in [2.75, 3.05) is 12.3 Å². The Labute approximate surface area is 203 Å². The van der Waals surface area contributed by atoms with Gasteiger partial charge in [-0.15, -0.1) is 6.42 Å². The van der Waals surface area contributed by atoms with Gasteiger partial charge in [0.05, 0.1) is 32.8 Å². The number of terminal acetylenes is 1. The number of hydrogen-bond acceptors (Lipinski definition) is 16. The summed E-state index contributed by atoms with van der Waals surface area (Å²) in [6.07, 6.45) is 5.16. The fourth-order valence-corrected chi connectivity index (χ4v) is 5.69. The summed E-state index contributed by atoms with van der Waals surface area (Å²) in [7, 11) is -18.1. The summed E-state index contributed by atoms with van der Waals surface area (Å²) in [6, 6.07) is 0. The van der Waals surface area contributed by atoms with Gasteiger partial charge in [0.25, 0.3) is 15.6 Å². The van der Waals surface area contributed by atoms with Crippen molar-refractivity contribution in [1.82, 2.24) is 44.2 Å². The standard InChI is InChI=1S/C12H16N5O12P3.4H3N/c1-2-12(5-26-31(22,23)29-32(24,25)28-30(19,20)21)9(18)3-8(27-12)7-4-16-17-10(7)14-6-15-11(17)13;;;;/h1,4,6,8-9,18H,3,5H2,(H,22,23)(H,24,25)(H2,13,14,15)(H2,19,20,21);4*1H3/t8-,9+,12-;;;;/m1..../s1. The maximum atomic E-state index is 11.8. The molecule has 1 aliphatic rings. The zero-order valence-electron chi connectivity index (χ0n) is 19.4. The third-order valence-corrected chi connectivity index (χ3v) is 7.76. The average molecular weight is 583 g/mol. The van der Waals surface area contributed by atoms with Gasteiger partial charge >= 0.3 is 0 Å². The molecular weight excluding hydrogens is 555 g/mol. The number of nitrogen functional groups attached to an aromatic ring is 1. The van der Waals surface area contributed by atoms with Crippen LogP contribution in [0.15, 0.2) is 12.5 Å². The molecule has 2 aromatic heterocycles. The van der Waals surface area contributed by atoms with Gasteiger partial charge in [-0.3, -0.25) is 13.4 Å². The SMILES string of the molecule is C#C[C@]1(COP(=O)([O-])OP(=O)([O-])OP(=O)([O-])[O-])O[C@@H](c2cnn3c(N)ncnc23)C[C@@H]1O.[NH4+].[NH4+].[NH4+].[NH4+]. The van der Waals surface area contributed by atoms with Crippen molar-refractivity contribution in [3.63, 3.8) is 0 Å². The van der Waals surface area contributed by atoms with E-state index in [1.54, 1.807) is 0 Å². The van der Waals surface area contributed by atoms with Crippen LogP contribution in [0.3, 0.4) is 0 Å². The highest BCUT2D eigenvalue weighted by molar-refractivity contribution is 7.64. The van der Waals surface area contributed by atoms with Crippen LogP contribution in [0.1, 0.15) is 18.1 Å². The number of aliphatic hydroxyl groups excluding tert-OH is 1. The zero-order valence-corrected chi connectivity index (χ0v) is 22.1. The molecule has 0 amide bonds. The van der Waals surface area contributed by atoms with E-state index in [0.717, 1.165) is 6.33 Å². The van der Waals surface area contributed by atoms with E-state index in [0.29, 0.717) is 5.56 Å². The first-order valence-electron chi connectivity index (χ1n) is 8.16. The van der Waals surface area contributed by atoms with E-state index in [1.165, 1.54) is 10.7 Å². The van der Waals surface area contributed by atoms with E-state index in [-0.39, 0.29) is 42.6 Å². The quantitative estimate of drug-likeness (QED) is 0.148. The fourth-order valence-electron chi connectivity index (χ4n) is 2.80. The largest absolute Gasteiger partial charge is 0.790 e. The van der Waals surface area contributed by atoms with Crippen molar-refractivity contribution in [3.05, 3.63) is 18.1 Å². The molecule has 0 radical (unpaired) electrons. The van der Waals surface area contributed by atoms with Gasteiger partial charge in [0.1, 0.15) is 6.33 Å². The average Bonchev–Trinajstić information content (AvgIpc) is 3.19. The van der Waals surface area contributed by atoms with Gasteiger partial charge in [-0.25, -0.2) is 14.3 Å². The molecule has 21 nitrogen and oxygen atoms in total. The molecule has 5 atom stereocenters. The van der Waals surface area contributed by atoms with E-state index in [4.69, 9.17) is 16.9 Å². The number of phosphoric acid groups is 3. The number of fused-ring (bicyclic) bond motifs is 1. The van der Waals surface area contributed by atoms with Crippen molar-refractivity contribution in [2.45, 2.75) is 24.2 Å². The molecule has 0 aromatic carbocycles. The highest BCUT2D eigenvalue weighted by atomic mass is 31.3. The first kappa shape index (κ1) is 36.2. The Morgan fingerprint density at radius 3 is 2.33 bits per heavy atom. The molecule has 19 N–H and O–H groups in total. The summed E-state index contributed by atoms with van der Waals surface area (Å²) in [4.78, 5) is 51.5. The minimum atomic E-state index is -6.16. The molecule has 0 saturated carbocycles. The predicted molar refractivity (Wildman–Crippen MR) is 116 cm³/mol. The highest BCUT2D eigenvalue weighted by Crippen LogP contribution is 2.60. The molecule has 2 aromatic rings. The third kappa shape index (κ3) is 8.04. The summed E-state index contributed by atoms with van der Waals surface area (Å²) < 4.78 is 51.0. The number of quaternary nitrogens is 4. The van der Waals surface area contributed by atoms with Crippen LogP contribution in [0.4, 0.5) is 5.95 Å². The molecule has 36 heavy (non-hydrogen) atoms. The van der Waals surface area contributed by atoms with Crippen molar-refractivity contribution < 1.29 is 56.3 Å². The van der Waals surface area contributed by atoms with E-state index in [2.05, 4.69) is 28.2 Å². The Kier molecular flexibility index (Phi) is 12.6. The lowest BCUT2D eigenvalue weighted by molar-refractivity contribution is -0.339. The molecule has 0 bridgehead atoms. The summed E-state index contributed by atoms with van der Waals surface area (Å²) in [6.45, 7) is -1.15. The van der Waals surface area contributed by atoms with Crippen molar-refractivity contribution in [2.24, 2.45) is 0 Å². The minimum Gasteiger partial charge on any atom is -0.790 e. The van der Waals surface area contributed by atoms with Crippen LogP contribution < -0.4 is 49.9 Å². The van der Waals surface area contributed by atoms with Crippen molar-refractivity contribution in [3.8, 4) is 12.3 Å². The van der Waals surface area contributed by atoms with E-state index in [9.17, 15) is 38.4 Å². The number of rotatable bonds is 8. The van der Waals surface area contributed by atoms with Crippen LogP contribution in [0.2, 0.25) is 0 Å². The topological polar surface area (TPSA) is 416 Å². The normalized spacial score (nSPS) is 24.6. The molecule has 1 fully saturated rings. The smallest absolute Gasteiger partial charge is 0.278 e. The number of hydrogen-bond donors (Lipinski definition) is 6. The van der Waals surface area contributed by atoms with Crippen LogP contribution >= 0.6 is 23.5 Å². The van der Waals surface area contributed by atoms with Gasteiger partial charge in [0.15, 0.2) is 11.2 Å². The number of nitrogens with zero attached hydrogens (tertiary/aromatic N) is 4. The lowest BCUT2D eigenvalue weighted by Gasteiger charge is -2.38. The number of aliphatic hydroxyl groups is 1. The second-order valence-corrected chi connectivity index (χ2v) is 10.5. The number of phosphoric ester groups is 1. The van der Waals surface area contributed by atoms with E-state index < -0.39 is 47.9 Å². The van der Waals surface area contributed by atoms with Crippen LogP contribution in [0.25, 0.3) is 5.65 Å². The number of aromatic nitrogens is 4. The maximum absolute atomic E-state index is 11.8. The Morgan fingerprint density at radius 2 is 1.78 bits per heavy atom. The number of ether oxygens (including phenoxy) is 1. The molecule has 1 saturated heterocycles. The molecule has 208 valence electrons. The van der Waals surface area contributed by atoms with Gasteiger partial charge in [-0.05, 0) is 0 Å². The summed E-state index contributed by atoms with van der Waals surface area (Å²) in [5.41, 5.74) is 4.09. The molecule has 1 aliphatic heterocycles. The van der Waals surface area contributed by atoms with Gasteiger partial charge in [0.2, 0.25) is 5.95 Å². The summed E-state index contributed by atoms with van der Waals surface area (Å²) >= 11 is 0. The second kappa shape index (κ2) is 12.6. The highest BCUT2D eigenvalue weighted by Gasteiger charge is 2.49. The van der Waals surface area contributed by atoms with Crippen molar-refractivity contribution in [1.29, 1.82) is 0 Å². The molecule has 24 heteroatoms. The third-order valence-electron chi connectivity index (χ3n) is 4.11. The lowest BCUT2D eigenvalue weighted by Crippen LogP contribution is -2.42. The molecule has 0 aliphatic carbocycles. The lowest BCUT2D eigenvalue weighted by atomic mass is 9.97. The monoisotopic (exact) mass is 583 g/mol. The minimum absolute atomic E-state index is 0.